The Bertz CT molecular complexity index is 1200. The van der Waals surface area contributed by atoms with E-state index in [2.05, 4.69) is 77.4 Å². The molecule has 0 saturated carbocycles. The van der Waals surface area contributed by atoms with E-state index in [1.165, 1.54) is 32.6 Å². The van der Waals surface area contributed by atoms with Crippen LogP contribution in [0, 0.1) is 0 Å². The average Bonchev–Trinajstić information content (AvgIpc) is 2.96. The average molecular weight is 328 g/mol. The lowest BCUT2D eigenvalue weighted by Crippen LogP contribution is -1.93. The van der Waals surface area contributed by atoms with Crippen molar-refractivity contribution in [2.45, 2.75) is 0 Å². The van der Waals surface area contributed by atoms with E-state index in [0.717, 1.165) is 10.7 Å². The van der Waals surface area contributed by atoms with Crippen molar-refractivity contribution in [1.82, 2.24) is 4.57 Å². The van der Waals surface area contributed by atoms with Gasteiger partial charge in [-0.05, 0) is 35.7 Å². The minimum absolute atomic E-state index is 0.766. The first-order valence-electron chi connectivity index (χ1n) is 8.00. The highest BCUT2D eigenvalue weighted by atomic mass is 35.5. The summed E-state index contributed by atoms with van der Waals surface area (Å²) in [6.07, 6.45) is 0. The van der Waals surface area contributed by atoms with Gasteiger partial charge >= 0.3 is 0 Å². The third-order valence-corrected chi connectivity index (χ3v) is 4.86. The Kier molecular flexibility index (Phi) is 2.91. The van der Waals surface area contributed by atoms with Crippen molar-refractivity contribution in [2.24, 2.45) is 0 Å². The van der Waals surface area contributed by atoms with E-state index >= 15 is 0 Å². The summed E-state index contributed by atoms with van der Waals surface area (Å²) in [5.41, 5.74) is 3.57. The number of halogens is 1. The third-order valence-electron chi connectivity index (χ3n) is 4.63. The summed E-state index contributed by atoms with van der Waals surface area (Å²) in [7, 11) is 0. The van der Waals surface area contributed by atoms with Gasteiger partial charge < -0.3 is 4.57 Å². The maximum Gasteiger partial charge on any atom is 0.0619 e. The van der Waals surface area contributed by atoms with Gasteiger partial charge in [0.1, 0.15) is 0 Å². The third kappa shape index (κ3) is 1.88. The second-order valence-electron chi connectivity index (χ2n) is 6.02. The Hall–Kier alpha value is -2.77. The summed E-state index contributed by atoms with van der Waals surface area (Å²) in [4.78, 5) is 0. The van der Waals surface area contributed by atoms with Gasteiger partial charge in [-0.1, -0.05) is 66.2 Å². The van der Waals surface area contributed by atoms with Crippen LogP contribution >= 0.6 is 11.6 Å². The fourth-order valence-corrected chi connectivity index (χ4v) is 3.77. The molecule has 0 aliphatic carbocycles. The Morgan fingerprint density at radius 1 is 0.625 bits per heavy atom. The van der Waals surface area contributed by atoms with Crippen molar-refractivity contribution in [3.8, 4) is 5.69 Å². The van der Waals surface area contributed by atoms with Crippen molar-refractivity contribution < 1.29 is 0 Å². The zero-order valence-corrected chi connectivity index (χ0v) is 13.7. The van der Waals surface area contributed by atoms with Gasteiger partial charge in [-0.25, -0.2) is 0 Å². The molecule has 0 fully saturated rings. The molecule has 0 aliphatic rings. The van der Waals surface area contributed by atoms with E-state index in [9.17, 15) is 0 Å². The molecule has 1 heterocycles. The van der Waals surface area contributed by atoms with Gasteiger partial charge in [0.15, 0.2) is 0 Å². The smallest absolute Gasteiger partial charge is 0.0619 e. The van der Waals surface area contributed by atoms with Crippen LogP contribution in [0.2, 0.25) is 5.02 Å². The molecule has 0 unspecified atom stereocenters. The van der Waals surface area contributed by atoms with Crippen LogP contribution in [0.5, 0.6) is 0 Å². The number of para-hydroxylation sites is 1. The van der Waals surface area contributed by atoms with Gasteiger partial charge in [0.25, 0.3) is 0 Å². The predicted octanol–water partition coefficient (Wildman–Crippen LogP) is 6.59. The van der Waals surface area contributed by atoms with Crippen LogP contribution in [-0.4, -0.2) is 4.57 Å². The molecule has 0 bridgehead atoms. The molecule has 0 atom stereocenters. The van der Waals surface area contributed by atoms with Gasteiger partial charge in [0.2, 0.25) is 0 Å². The van der Waals surface area contributed by atoms with Crippen LogP contribution in [0.25, 0.3) is 38.3 Å². The summed E-state index contributed by atoms with van der Waals surface area (Å²) in [6, 6.07) is 29.6. The first kappa shape index (κ1) is 13.6. The number of nitrogens with zero attached hydrogens (tertiary/aromatic N) is 1. The molecule has 0 amide bonds. The molecule has 2 heteroatoms. The molecule has 0 saturated heterocycles. The molecule has 0 N–H and O–H groups in total. The first-order valence-corrected chi connectivity index (χ1v) is 8.37. The fourth-order valence-electron chi connectivity index (χ4n) is 3.60. The Morgan fingerprint density at radius 2 is 1.42 bits per heavy atom. The van der Waals surface area contributed by atoms with Gasteiger partial charge in [0.05, 0.1) is 11.0 Å². The van der Waals surface area contributed by atoms with Crippen molar-refractivity contribution >= 4 is 44.2 Å². The maximum absolute atomic E-state index is 6.28. The molecular weight excluding hydrogens is 314 g/mol. The van der Waals surface area contributed by atoms with Gasteiger partial charge in [-0.2, -0.15) is 0 Å². The standard InChI is InChI=1S/C22H14ClN/c23-16-11-13-21-20(14-16)19-12-10-15-6-4-5-9-18(15)22(19)24(21)17-7-2-1-3-8-17/h1-14H. The largest absolute Gasteiger partial charge is 0.309 e. The highest BCUT2D eigenvalue weighted by Gasteiger charge is 2.14. The highest BCUT2D eigenvalue weighted by molar-refractivity contribution is 6.32. The number of hydrogen-bond donors (Lipinski definition) is 0. The van der Waals surface area contributed by atoms with Crippen molar-refractivity contribution in [3.63, 3.8) is 0 Å². The second-order valence-corrected chi connectivity index (χ2v) is 6.45. The summed E-state index contributed by atoms with van der Waals surface area (Å²) < 4.78 is 2.34. The van der Waals surface area contributed by atoms with Crippen LogP contribution in [0.1, 0.15) is 0 Å². The van der Waals surface area contributed by atoms with E-state index in [-0.39, 0.29) is 0 Å². The summed E-state index contributed by atoms with van der Waals surface area (Å²) in [5.74, 6) is 0. The molecule has 1 aromatic heterocycles. The van der Waals surface area contributed by atoms with E-state index in [1.807, 2.05) is 12.1 Å². The van der Waals surface area contributed by atoms with Gasteiger partial charge in [-0.15, -0.1) is 0 Å². The van der Waals surface area contributed by atoms with Gasteiger partial charge in [-0.3, -0.25) is 0 Å². The molecule has 5 rings (SSSR count). The minimum Gasteiger partial charge on any atom is -0.309 e. The van der Waals surface area contributed by atoms with Crippen molar-refractivity contribution in [2.75, 3.05) is 0 Å². The minimum atomic E-state index is 0.766. The number of rotatable bonds is 1. The van der Waals surface area contributed by atoms with E-state index in [4.69, 9.17) is 11.6 Å². The highest BCUT2D eigenvalue weighted by Crippen LogP contribution is 2.37. The molecule has 5 aromatic rings. The van der Waals surface area contributed by atoms with Crippen LogP contribution in [0.4, 0.5) is 0 Å². The molecule has 0 radical (unpaired) electrons. The Morgan fingerprint density at radius 3 is 2.29 bits per heavy atom. The molecule has 4 aromatic carbocycles. The van der Waals surface area contributed by atoms with E-state index < -0.39 is 0 Å². The van der Waals surface area contributed by atoms with Crippen LogP contribution in [0.15, 0.2) is 84.9 Å². The first-order chi connectivity index (χ1) is 11.8. The summed E-state index contributed by atoms with van der Waals surface area (Å²) in [5, 5.41) is 5.69. The monoisotopic (exact) mass is 327 g/mol. The summed E-state index contributed by atoms with van der Waals surface area (Å²) >= 11 is 6.28. The van der Waals surface area contributed by atoms with Crippen LogP contribution < -0.4 is 0 Å². The molecule has 1 nitrogen and oxygen atoms in total. The van der Waals surface area contributed by atoms with Crippen molar-refractivity contribution in [3.05, 3.63) is 90.0 Å². The number of fused-ring (bicyclic) bond motifs is 5. The van der Waals surface area contributed by atoms with Crippen molar-refractivity contribution in [1.29, 1.82) is 0 Å². The van der Waals surface area contributed by atoms with Crippen LogP contribution in [0.3, 0.4) is 0 Å². The number of benzene rings is 4. The topological polar surface area (TPSA) is 4.93 Å². The lowest BCUT2D eigenvalue weighted by Gasteiger charge is -2.09. The predicted molar refractivity (Wildman–Crippen MR) is 103 cm³/mol. The Labute approximate surface area is 144 Å². The zero-order chi connectivity index (χ0) is 16.1. The maximum atomic E-state index is 6.28. The lowest BCUT2D eigenvalue weighted by atomic mass is 10.1. The van der Waals surface area contributed by atoms with Gasteiger partial charge in [0, 0.05) is 26.9 Å². The molecular formula is C22H14ClN. The number of hydrogen-bond acceptors (Lipinski definition) is 0. The quantitative estimate of drug-likeness (QED) is 0.327. The van der Waals surface area contributed by atoms with E-state index in [0.29, 0.717) is 0 Å². The molecule has 0 spiro atoms. The summed E-state index contributed by atoms with van der Waals surface area (Å²) in [6.45, 7) is 0. The van der Waals surface area contributed by atoms with E-state index in [1.54, 1.807) is 0 Å². The molecule has 0 aliphatic heterocycles. The Balaban J connectivity index is 2.09. The molecule has 114 valence electrons. The lowest BCUT2D eigenvalue weighted by molar-refractivity contribution is 1.19. The fraction of sp³-hybridized carbons (Fsp3) is 0. The zero-order valence-electron chi connectivity index (χ0n) is 12.9. The number of aromatic nitrogens is 1. The second kappa shape index (κ2) is 5.12. The van der Waals surface area contributed by atoms with Crippen LogP contribution in [-0.2, 0) is 0 Å². The normalized spacial score (nSPS) is 11.5. The SMILES string of the molecule is Clc1ccc2c(c1)c1ccc3ccccc3c1n2-c1ccccc1. The molecule has 24 heavy (non-hydrogen) atoms.